The van der Waals surface area contributed by atoms with E-state index in [1.165, 1.54) is 7.11 Å². The van der Waals surface area contributed by atoms with E-state index in [1.54, 1.807) is 18.3 Å². The molecule has 0 bridgehead atoms. The molecular formula is C8H9BrN2O2. The predicted molar refractivity (Wildman–Crippen MR) is 52.4 cm³/mol. The van der Waals surface area contributed by atoms with Crippen molar-refractivity contribution < 1.29 is 9.53 Å². The second-order valence-electron chi connectivity index (χ2n) is 2.35. The molecule has 1 aromatic rings. The van der Waals surface area contributed by atoms with Crippen LogP contribution in [0.2, 0.25) is 0 Å². The first-order chi connectivity index (χ1) is 6.22. The molecule has 0 atom stereocenters. The molecule has 13 heavy (non-hydrogen) atoms. The van der Waals surface area contributed by atoms with Gasteiger partial charge < -0.3 is 10.1 Å². The molecular weight excluding hydrogens is 236 g/mol. The molecule has 0 aromatic carbocycles. The lowest BCUT2D eigenvalue weighted by Gasteiger charge is -2.03. The third-order valence-electron chi connectivity index (χ3n) is 1.29. The van der Waals surface area contributed by atoms with Crippen molar-refractivity contribution in [2.45, 2.75) is 0 Å². The number of nitrogens with zero attached hydrogens (tertiary/aromatic N) is 1. The van der Waals surface area contributed by atoms with Gasteiger partial charge in [0, 0.05) is 19.0 Å². The maximum Gasteiger partial charge on any atom is 0.250 e. The molecule has 0 saturated carbocycles. The first-order valence-corrected chi connectivity index (χ1v) is 4.42. The summed E-state index contributed by atoms with van der Waals surface area (Å²) >= 11 is 3.20. The number of hydrogen-bond donors (Lipinski definition) is 1. The molecule has 1 amide bonds. The lowest BCUT2D eigenvalue weighted by atomic mass is 10.4. The summed E-state index contributed by atoms with van der Waals surface area (Å²) in [5, 5.41) is 2.65. The Balaban J connectivity index is 2.58. The quantitative estimate of drug-likeness (QED) is 0.819. The molecule has 1 N–H and O–H groups in total. The Morgan fingerprint density at radius 3 is 3.15 bits per heavy atom. The number of methoxy groups -OCH3 is 1. The van der Waals surface area contributed by atoms with Crippen LogP contribution in [0.25, 0.3) is 0 Å². The van der Waals surface area contributed by atoms with Crippen molar-refractivity contribution in [3.8, 4) is 0 Å². The first kappa shape index (κ1) is 10.1. The highest BCUT2D eigenvalue weighted by molar-refractivity contribution is 9.10. The summed E-state index contributed by atoms with van der Waals surface area (Å²) in [6, 6.07) is 3.42. The molecule has 1 aromatic heterocycles. The van der Waals surface area contributed by atoms with Gasteiger partial charge in [-0.05, 0) is 28.1 Å². The van der Waals surface area contributed by atoms with E-state index in [9.17, 15) is 4.79 Å². The fraction of sp³-hybridized carbons (Fsp3) is 0.250. The summed E-state index contributed by atoms with van der Waals surface area (Å²) in [5.74, 6) is -0.180. The van der Waals surface area contributed by atoms with E-state index in [1.807, 2.05) is 0 Å². The van der Waals surface area contributed by atoms with Gasteiger partial charge in [-0.25, -0.2) is 4.98 Å². The molecule has 5 heteroatoms. The van der Waals surface area contributed by atoms with Crippen LogP contribution in [0.5, 0.6) is 0 Å². The van der Waals surface area contributed by atoms with Gasteiger partial charge in [0.1, 0.15) is 11.2 Å². The molecule has 0 spiro atoms. The van der Waals surface area contributed by atoms with E-state index < -0.39 is 0 Å². The lowest BCUT2D eigenvalue weighted by Crippen LogP contribution is -2.17. The van der Waals surface area contributed by atoms with Crippen molar-refractivity contribution in [1.29, 1.82) is 0 Å². The van der Waals surface area contributed by atoms with Gasteiger partial charge >= 0.3 is 0 Å². The zero-order valence-electron chi connectivity index (χ0n) is 7.08. The number of carbonyl (C=O) groups excluding carboxylic acids is 1. The number of rotatable bonds is 3. The van der Waals surface area contributed by atoms with E-state index in [0.717, 1.165) is 0 Å². The fourth-order valence-electron chi connectivity index (χ4n) is 0.808. The molecule has 0 fully saturated rings. The van der Waals surface area contributed by atoms with Crippen LogP contribution in [-0.4, -0.2) is 24.6 Å². The SMILES string of the molecule is COCC(=O)Nc1ccnc(Br)c1. The van der Waals surface area contributed by atoms with Crippen molar-refractivity contribution in [2.75, 3.05) is 19.0 Å². The van der Waals surface area contributed by atoms with Crippen molar-refractivity contribution in [2.24, 2.45) is 0 Å². The van der Waals surface area contributed by atoms with Gasteiger partial charge in [0.05, 0.1) is 0 Å². The van der Waals surface area contributed by atoms with Crippen molar-refractivity contribution in [1.82, 2.24) is 4.98 Å². The lowest BCUT2D eigenvalue weighted by molar-refractivity contribution is -0.119. The van der Waals surface area contributed by atoms with Crippen LogP contribution >= 0.6 is 15.9 Å². The van der Waals surface area contributed by atoms with Crippen LogP contribution in [0.15, 0.2) is 22.9 Å². The molecule has 0 radical (unpaired) electrons. The normalized spacial score (nSPS) is 9.69. The first-order valence-electron chi connectivity index (χ1n) is 3.62. The zero-order valence-corrected chi connectivity index (χ0v) is 8.67. The number of amides is 1. The summed E-state index contributed by atoms with van der Waals surface area (Å²) in [7, 11) is 1.47. The van der Waals surface area contributed by atoms with Crippen molar-refractivity contribution in [3.05, 3.63) is 22.9 Å². The van der Waals surface area contributed by atoms with E-state index in [0.29, 0.717) is 10.3 Å². The van der Waals surface area contributed by atoms with Crippen LogP contribution in [-0.2, 0) is 9.53 Å². The average Bonchev–Trinajstić information content (AvgIpc) is 2.04. The number of anilines is 1. The third kappa shape index (κ3) is 3.52. The van der Waals surface area contributed by atoms with E-state index in [4.69, 9.17) is 0 Å². The van der Waals surface area contributed by atoms with Crippen LogP contribution < -0.4 is 5.32 Å². The predicted octanol–water partition coefficient (Wildman–Crippen LogP) is 1.43. The molecule has 1 rings (SSSR count). The van der Waals surface area contributed by atoms with E-state index in [2.05, 4.69) is 31.0 Å². The minimum absolute atomic E-state index is 0.0555. The highest BCUT2D eigenvalue weighted by Crippen LogP contribution is 2.12. The fourth-order valence-corrected chi connectivity index (χ4v) is 1.17. The second-order valence-corrected chi connectivity index (χ2v) is 3.16. The number of nitrogens with one attached hydrogen (secondary N) is 1. The minimum Gasteiger partial charge on any atom is -0.375 e. The Hall–Kier alpha value is -0.940. The van der Waals surface area contributed by atoms with E-state index in [-0.39, 0.29) is 12.5 Å². The number of aromatic nitrogens is 1. The van der Waals surface area contributed by atoms with Crippen LogP contribution in [0, 0.1) is 0 Å². The maximum absolute atomic E-state index is 11.1. The largest absolute Gasteiger partial charge is 0.375 e. The van der Waals surface area contributed by atoms with Gasteiger partial charge in [0.2, 0.25) is 5.91 Å². The maximum atomic E-state index is 11.1. The number of halogens is 1. The standard InChI is InChI=1S/C8H9BrN2O2/c1-13-5-8(12)11-6-2-3-10-7(9)4-6/h2-4H,5H2,1H3,(H,10,11,12). The van der Waals surface area contributed by atoms with Crippen LogP contribution in [0.1, 0.15) is 0 Å². The summed E-state index contributed by atoms with van der Waals surface area (Å²) in [6.07, 6.45) is 1.60. The minimum atomic E-state index is -0.180. The second kappa shape index (κ2) is 4.94. The van der Waals surface area contributed by atoms with Gasteiger partial charge in [-0.15, -0.1) is 0 Å². The van der Waals surface area contributed by atoms with Crippen LogP contribution in [0.3, 0.4) is 0 Å². The summed E-state index contributed by atoms with van der Waals surface area (Å²) in [6.45, 7) is 0.0555. The van der Waals surface area contributed by atoms with Gasteiger partial charge in [-0.1, -0.05) is 0 Å². The molecule has 0 aliphatic rings. The molecule has 0 aliphatic heterocycles. The summed E-state index contributed by atoms with van der Waals surface area (Å²) in [4.78, 5) is 15.0. The van der Waals surface area contributed by atoms with Crippen LogP contribution in [0.4, 0.5) is 5.69 Å². The summed E-state index contributed by atoms with van der Waals surface area (Å²) in [5.41, 5.74) is 0.698. The number of hydrogen-bond acceptors (Lipinski definition) is 3. The highest BCUT2D eigenvalue weighted by atomic mass is 79.9. The van der Waals surface area contributed by atoms with Gasteiger partial charge in [0.15, 0.2) is 0 Å². The molecule has 70 valence electrons. The molecule has 0 aliphatic carbocycles. The average molecular weight is 245 g/mol. The Labute approximate surface area is 84.4 Å². The highest BCUT2D eigenvalue weighted by Gasteiger charge is 2.00. The Morgan fingerprint density at radius 1 is 1.77 bits per heavy atom. The van der Waals surface area contributed by atoms with E-state index >= 15 is 0 Å². The Bertz CT molecular complexity index is 304. The van der Waals surface area contributed by atoms with Crippen molar-refractivity contribution in [3.63, 3.8) is 0 Å². The van der Waals surface area contributed by atoms with Gasteiger partial charge in [-0.2, -0.15) is 0 Å². The Morgan fingerprint density at radius 2 is 2.54 bits per heavy atom. The summed E-state index contributed by atoms with van der Waals surface area (Å²) < 4.78 is 5.35. The number of ether oxygens (including phenoxy) is 1. The topological polar surface area (TPSA) is 51.2 Å². The van der Waals surface area contributed by atoms with Crippen molar-refractivity contribution >= 4 is 27.5 Å². The number of pyridine rings is 1. The molecule has 0 unspecified atom stereocenters. The molecule has 0 saturated heterocycles. The molecule has 1 heterocycles. The zero-order chi connectivity index (χ0) is 9.68. The monoisotopic (exact) mass is 244 g/mol. The number of carbonyl (C=O) groups is 1. The third-order valence-corrected chi connectivity index (χ3v) is 1.72. The molecule has 4 nitrogen and oxygen atoms in total. The Kier molecular flexibility index (Phi) is 3.85. The van der Waals surface area contributed by atoms with Gasteiger partial charge in [0.25, 0.3) is 0 Å². The van der Waals surface area contributed by atoms with Gasteiger partial charge in [-0.3, -0.25) is 4.79 Å². The smallest absolute Gasteiger partial charge is 0.250 e.